The molecule has 0 spiro atoms. The van der Waals surface area contributed by atoms with Gasteiger partial charge >= 0.3 is 0 Å². The normalized spacial score (nSPS) is 23.7. The van der Waals surface area contributed by atoms with Gasteiger partial charge in [0.05, 0.1) is 17.2 Å². The first kappa shape index (κ1) is 14.7. The van der Waals surface area contributed by atoms with Gasteiger partial charge in [0.2, 0.25) is 10.0 Å². The molecule has 2 unspecified atom stereocenters. The van der Waals surface area contributed by atoms with Crippen molar-refractivity contribution >= 4 is 21.6 Å². The Hall–Kier alpha value is -0.660. The van der Waals surface area contributed by atoms with E-state index >= 15 is 0 Å². The molecule has 0 aliphatic carbocycles. The maximum Gasteiger partial charge on any atom is 0.242 e. The van der Waals surface area contributed by atoms with Crippen LogP contribution in [-0.2, 0) is 21.3 Å². The lowest BCUT2D eigenvalue weighted by Crippen LogP contribution is -2.39. The number of ether oxygens (including phenoxy) is 1. The van der Waals surface area contributed by atoms with E-state index in [1.165, 1.54) is 6.07 Å². The maximum atomic E-state index is 12.3. The Bertz CT molecular complexity index is 562. The van der Waals surface area contributed by atoms with E-state index in [0.29, 0.717) is 13.0 Å². The lowest BCUT2D eigenvalue weighted by molar-refractivity contribution is 0.117. The minimum Gasteiger partial charge on any atom is -0.377 e. The molecule has 1 aromatic rings. The van der Waals surface area contributed by atoms with Crippen LogP contribution in [-0.4, -0.2) is 27.2 Å². The predicted molar refractivity (Wildman–Crippen MR) is 73.5 cm³/mol. The van der Waals surface area contributed by atoms with E-state index in [-0.39, 0.29) is 28.6 Å². The van der Waals surface area contributed by atoms with Crippen molar-refractivity contribution in [1.29, 1.82) is 0 Å². The van der Waals surface area contributed by atoms with Crippen molar-refractivity contribution in [2.75, 3.05) is 6.61 Å². The van der Waals surface area contributed by atoms with Crippen LogP contribution in [0.15, 0.2) is 23.1 Å². The number of nitrogens with one attached hydrogen (secondary N) is 1. The Kier molecular flexibility index (Phi) is 4.47. The number of hydrogen-bond acceptors (Lipinski definition) is 4. The Labute approximate surface area is 118 Å². The first-order valence-corrected chi connectivity index (χ1v) is 7.92. The summed E-state index contributed by atoms with van der Waals surface area (Å²) in [6.07, 6.45) is 0.528. The van der Waals surface area contributed by atoms with Crippen molar-refractivity contribution in [3.63, 3.8) is 0 Å². The van der Waals surface area contributed by atoms with E-state index in [2.05, 4.69) is 4.72 Å². The highest BCUT2D eigenvalue weighted by Gasteiger charge is 2.30. The maximum absolute atomic E-state index is 12.3. The molecule has 0 amide bonds. The van der Waals surface area contributed by atoms with Gasteiger partial charge in [-0.25, -0.2) is 13.1 Å². The van der Waals surface area contributed by atoms with Gasteiger partial charge in [0.15, 0.2) is 0 Å². The lowest BCUT2D eigenvalue weighted by Gasteiger charge is -2.17. The summed E-state index contributed by atoms with van der Waals surface area (Å²) in [5.41, 5.74) is 6.24. The van der Waals surface area contributed by atoms with Gasteiger partial charge in [0.25, 0.3) is 0 Å². The molecular formula is C12H17ClN2O3S. The molecule has 1 heterocycles. The highest BCUT2D eigenvalue weighted by molar-refractivity contribution is 7.89. The van der Waals surface area contributed by atoms with E-state index in [0.717, 1.165) is 5.56 Å². The second-order valence-corrected chi connectivity index (χ2v) is 6.65. The van der Waals surface area contributed by atoms with Crippen molar-refractivity contribution in [3.8, 4) is 0 Å². The van der Waals surface area contributed by atoms with E-state index in [1.807, 2.05) is 6.92 Å². The molecule has 1 saturated heterocycles. The fourth-order valence-electron chi connectivity index (χ4n) is 2.03. The molecule has 7 heteroatoms. The average Bonchev–Trinajstić information content (AvgIpc) is 2.75. The minimum absolute atomic E-state index is 0.0659. The molecule has 3 N–H and O–H groups in total. The van der Waals surface area contributed by atoms with Crippen molar-refractivity contribution in [3.05, 3.63) is 28.8 Å². The highest BCUT2D eigenvalue weighted by atomic mass is 35.5. The largest absolute Gasteiger partial charge is 0.377 e. The van der Waals surface area contributed by atoms with E-state index < -0.39 is 10.0 Å². The molecule has 0 saturated carbocycles. The predicted octanol–water partition coefficient (Wildman–Crippen LogP) is 1.25. The summed E-state index contributed by atoms with van der Waals surface area (Å²) in [5.74, 6) is 0. The summed E-state index contributed by atoms with van der Waals surface area (Å²) in [5, 5.41) is 0.191. The van der Waals surface area contributed by atoms with Crippen LogP contribution in [0.1, 0.15) is 18.9 Å². The van der Waals surface area contributed by atoms with Gasteiger partial charge in [-0.05, 0) is 31.0 Å². The molecular weight excluding hydrogens is 288 g/mol. The topological polar surface area (TPSA) is 81.4 Å². The van der Waals surface area contributed by atoms with Crippen molar-refractivity contribution in [1.82, 2.24) is 4.72 Å². The van der Waals surface area contributed by atoms with E-state index in [1.54, 1.807) is 12.1 Å². The first-order chi connectivity index (χ1) is 8.94. The zero-order valence-corrected chi connectivity index (χ0v) is 12.2. The number of sulfonamides is 1. The highest BCUT2D eigenvalue weighted by Crippen LogP contribution is 2.24. The molecule has 1 aliphatic heterocycles. The van der Waals surface area contributed by atoms with Crippen LogP contribution in [0.2, 0.25) is 5.02 Å². The van der Waals surface area contributed by atoms with Gasteiger partial charge in [-0.3, -0.25) is 0 Å². The van der Waals surface area contributed by atoms with Gasteiger partial charge in [-0.1, -0.05) is 17.7 Å². The molecule has 1 aromatic carbocycles. The molecule has 2 atom stereocenters. The van der Waals surface area contributed by atoms with Gasteiger partial charge in [-0.15, -0.1) is 0 Å². The molecule has 19 heavy (non-hydrogen) atoms. The van der Waals surface area contributed by atoms with Crippen LogP contribution in [0.3, 0.4) is 0 Å². The number of benzene rings is 1. The van der Waals surface area contributed by atoms with Crippen LogP contribution < -0.4 is 10.5 Å². The summed E-state index contributed by atoms with van der Waals surface area (Å²) in [6.45, 7) is 2.67. The Morgan fingerprint density at radius 3 is 2.84 bits per heavy atom. The summed E-state index contributed by atoms with van der Waals surface area (Å²) >= 11 is 5.97. The molecule has 5 nitrogen and oxygen atoms in total. The molecule has 1 aliphatic rings. The number of nitrogens with two attached hydrogens (primary N) is 1. The Balaban J connectivity index is 2.28. The number of hydrogen-bond donors (Lipinski definition) is 2. The smallest absolute Gasteiger partial charge is 0.242 e. The van der Waals surface area contributed by atoms with Crippen LogP contribution in [0, 0.1) is 0 Å². The van der Waals surface area contributed by atoms with Gasteiger partial charge < -0.3 is 10.5 Å². The standard InChI is InChI=1S/C12H17ClN2O3S/c1-8-11(4-5-18-8)15-19(16,17)12-6-9(7-14)2-3-10(12)13/h2-3,6,8,11,15H,4-5,7,14H2,1H3. The molecule has 106 valence electrons. The fourth-order valence-corrected chi connectivity index (χ4v) is 3.92. The van der Waals surface area contributed by atoms with Crippen molar-refractivity contribution in [2.45, 2.75) is 36.9 Å². The van der Waals surface area contributed by atoms with Gasteiger partial charge in [0, 0.05) is 13.2 Å². The van der Waals surface area contributed by atoms with E-state index in [4.69, 9.17) is 22.1 Å². The Morgan fingerprint density at radius 1 is 1.53 bits per heavy atom. The molecule has 0 bridgehead atoms. The first-order valence-electron chi connectivity index (χ1n) is 6.06. The second kappa shape index (κ2) is 5.76. The zero-order valence-electron chi connectivity index (χ0n) is 10.6. The number of halogens is 1. The molecule has 0 radical (unpaired) electrons. The number of rotatable bonds is 4. The van der Waals surface area contributed by atoms with Crippen molar-refractivity contribution in [2.24, 2.45) is 5.73 Å². The molecule has 1 fully saturated rings. The zero-order chi connectivity index (χ0) is 14.0. The Morgan fingerprint density at radius 2 is 2.26 bits per heavy atom. The SMILES string of the molecule is CC1OCCC1NS(=O)(=O)c1cc(CN)ccc1Cl. The van der Waals surface area contributed by atoms with Crippen LogP contribution in [0.5, 0.6) is 0 Å². The van der Waals surface area contributed by atoms with Crippen LogP contribution in [0.25, 0.3) is 0 Å². The average molecular weight is 305 g/mol. The third-order valence-corrected chi connectivity index (χ3v) is 5.18. The summed E-state index contributed by atoms with van der Waals surface area (Å²) in [4.78, 5) is 0.0659. The van der Waals surface area contributed by atoms with Gasteiger partial charge in [-0.2, -0.15) is 0 Å². The third-order valence-electron chi connectivity index (χ3n) is 3.20. The van der Waals surface area contributed by atoms with Gasteiger partial charge in [0.1, 0.15) is 4.90 Å². The summed E-state index contributed by atoms with van der Waals surface area (Å²) in [6, 6.07) is 4.54. The summed E-state index contributed by atoms with van der Waals surface area (Å²) in [7, 11) is -3.66. The fraction of sp³-hybridized carbons (Fsp3) is 0.500. The van der Waals surface area contributed by atoms with Crippen LogP contribution in [0.4, 0.5) is 0 Å². The second-order valence-electron chi connectivity index (χ2n) is 4.56. The van der Waals surface area contributed by atoms with Crippen LogP contribution >= 0.6 is 11.6 Å². The monoisotopic (exact) mass is 304 g/mol. The third kappa shape index (κ3) is 3.27. The quantitative estimate of drug-likeness (QED) is 0.877. The summed E-state index contributed by atoms with van der Waals surface area (Å²) < 4.78 is 32.6. The van der Waals surface area contributed by atoms with E-state index in [9.17, 15) is 8.42 Å². The lowest BCUT2D eigenvalue weighted by atomic mass is 10.2. The minimum atomic E-state index is -3.66. The van der Waals surface area contributed by atoms with Crippen molar-refractivity contribution < 1.29 is 13.2 Å². The molecule has 2 rings (SSSR count). The molecule has 0 aromatic heterocycles.